The van der Waals surface area contributed by atoms with Crippen LogP contribution in [0.5, 0.6) is 0 Å². The van der Waals surface area contributed by atoms with Crippen LogP contribution in [0.4, 0.5) is 17.1 Å². The van der Waals surface area contributed by atoms with Crippen LogP contribution in [0.2, 0.25) is 0 Å². The third-order valence-electron chi connectivity index (χ3n) is 10.9. The van der Waals surface area contributed by atoms with Gasteiger partial charge < -0.3 is 9.32 Å². The van der Waals surface area contributed by atoms with Gasteiger partial charge in [-0.25, -0.2) is 4.98 Å². The second-order valence-electron chi connectivity index (χ2n) is 14.4. The van der Waals surface area contributed by atoms with Crippen molar-refractivity contribution in [3.05, 3.63) is 193 Å². The molecule has 252 valence electrons. The van der Waals surface area contributed by atoms with Crippen LogP contribution in [-0.4, -0.2) is 4.98 Å². The minimum absolute atomic E-state index is 0.0919. The molecule has 10 rings (SSSR count). The van der Waals surface area contributed by atoms with E-state index in [2.05, 4.69) is 164 Å². The lowest BCUT2D eigenvalue weighted by molar-refractivity contribution is 0.620. The average molecular weight is 681 g/mol. The van der Waals surface area contributed by atoms with Gasteiger partial charge in [-0.15, -0.1) is 0 Å². The monoisotopic (exact) mass is 680 g/mol. The van der Waals surface area contributed by atoms with Gasteiger partial charge in [-0.2, -0.15) is 0 Å². The molecule has 0 saturated carbocycles. The lowest BCUT2D eigenvalue weighted by atomic mass is 9.82. The third-order valence-corrected chi connectivity index (χ3v) is 10.9. The van der Waals surface area contributed by atoms with E-state index in [4.69, 9.17) is 9.40 Å². The Labute approximate surface area is 309 Å². The number of hydrogen-bond donors (Lipinski definition) is 0. The predicted octanol–water partition coefficient (Wildman–Crippen LogP) is 13.8. The molecule has 1 aromatic heterocycles. The zero-order valence-corrected chi connectivity index (χ0v) is 29.6. The zero-order chi connectivity index (χ0) is 35.5. The summed E-state index contributed by atoms with van der Waals surface area (Å²) in [4.78, 5) is 7.27. The maximum absolute atomic E-state index is 6.15. The topological polar surface area (TPSA) is 29.3 Å². The van der Waals surface area contributed by atoms with Gasteiger partial charge >= 0.3 is 0 Å². The molecule has 9 aromatic rings. The average Bonchev–Trinajstić information content (AvgIpc) is 3.76. The molecular formula is C50H36N2O. The van der Waals surface area contributed by atoms with Gasteiger partial charge in [0, 0.05) is 33.4 Å². The Hall–Kier alpha value is -6.71. The molecular weight excluding hydrogens is 645 g/mol. The molecule has 1 heterocycles. The van der Waals surface area contributed by atoms with E-state index in [1.807, 2.05) is 36.4 Å². The molecule has 0 unspecified atom stereocenters. The van der Waals surface area contributed by atoms with Crippen LogP contribution in [0.1, 0.15) is 25.0 Å². The van der Waals surface area contributed by atoms with Crippen LogP contribution >= 0.6 is 0 Å². The van der Waals surface area contributed by atoms with Crippen molar-refractivity contribution in [2.24, 2.45) is 0 Å². The van der Waals surface area contributed by atoms with E-state index in [1.165, 1.54) is 33.4 Å². The number of rotatable bonds is 6. The fourth-order valence-corrected chi connectivity index (χ4v) is 8.12. The number of anilines is 3. The molecule has 0 spiro atoms. The first-order valence-electron chi connectivity index (χ1n) is 18.2. The van der Waals surface area contributed by atoms with Gasteiger partial charge in [-0.05, 0) is 111 Å². The number of aromatic nitrogens is 1. The van der Waals surface area contributed by atoms with Crippen LogP contribution in [0.25, 0.3) is 66.7 Å². The molecule has 0 aliphatic heterocycles. The van der Waals surface area contributed by atoms with E-state index in [0.717, 1.165) is 55.6 Å². The molecule has 3 nitrogen and oxygen atoms in total. The van der Waals surface area contributed by atoms with Crippen LogP contribution < -0.4 is 4.90 Å². The Morgan fingerprint density at radius 2 is 1.02 bits per heavy atom. The Morgan fingerprint density at radius 3 is 1.74 bits per heavy atom. The van der Waals surface area contributed by atoms with Gasteiger partial charge in [-0.3, -0.25) is 0 Å². The molecule has 0 N–H and O–H groups in total. The fraction of sp³-hybridized carbons (Fsp3) is 0.0600. The Kier molecular flexibility index (Phi) is 7.16. The predicted molar refractivity (Wildman–Crippen MR) is 220 cm³/mol. The zero-order valence-electron chi connectivity index (χ0n) is 29.6. The highest BCUT2D eigenvalue weighted by atomic mass is 16.3. The molecule has 0 fully saturated rings. The summed E-state index contributed by atoms with van der Waals surface area (Å²) in [6.07, 6.45) is 0. The number of hydrogen-bond acceptors (Lipinski definition) is 3. The fourth-order valence-electron chi connectivity index (χ4n) is 8.12. The van der Waals surface area contributed by atoms with E-state index in [9.17, 15) is 0 Å². The third kappa shape index (κ3) is 5.24. The van der Waals surface area contributed by atoms with Crippen molar-refractivity contribution in [1.82, 2.24) is 4.98 Å². The Bertz CT molecular complexity index is 2780. The lowest BCUT2D eigenvalue weighted by Gasteiger charge is -2.28. The maximum Gasteiger partial charge on any atom is 0.227 e. The molecule has 0 saturated heterocycles. The Balaban J connectivity index is 1.03. The molecule has 53 heavy (non-hydrogen) atoms. The smallest absolute Gasteiger partial charge is 0.227 e. The second-order valence-corrected chi connectivity index (χ2v) is 14.4. The summed E-state index contributed by atoms with van der Waals surface area (Å²) in [5, 5.41) is 2.22. The molecule has 0 radical (unpaired) electrons. The van der Waals surface area contributed by atoms with Crippen LogP contribution in [0.15, 0.2) is 186 Å². The first-order valence-corrected chi connectivity index (χ1v) is 18.2. The van der Waals surface area contributed by atoms with Gasteiger partial charge in [-0.1, -0.05) is 135 Å². The van der Waals surface area contributed by atoms with E-state index in [0.29, 0.717) is 5.89 Å². The lowest BCUT2D eigenvalue weighted by Crippen LogP contribution is -2.16. The highest BCUT2D eigenvalue weighted by Crippen LogP contribution is 2.50. The first-order chi connectivity index (χ1) is 26.0. The van der Waals surface area contributed by atoms with Crippen molar-refractivity contribution in [2.45, 2.75) is 19.3 Å². The molecule has 8 aromatic carbocycles. The van der Waals surface area contributed by atoms with Crippen LogP contribution in [-0.2, 0) is 5.41 Å². The number of nitrogens with zero attached hydrogens (tertiary/aromatic N) is 2. The second kappa shape index (κ2) is 12.2. The van der Waals surface area contributed by atoms with E-state index < -0.39 is 0 Å². The quantitative estimate of drug-likeness (QED) is 0.175. The highest BCUT2D eigenvalue weighted by molar-refractivity contribution is 6.05. The van der Waals surface area contributed by atoms with Crippen molar-refractivity contribution in [3.8, 4) is 44.8 Å². The SMILES string of the molecule is CC1(C)c2ccccc2-c2ccc(N(c3ccc(-c4ccccc4)cc3)c3ccc(-c4ccc5c(ccc6oc(-c7ccccc7)nc65)c4)cc3)cc21. The maximum atomic E-state index is 6.15. The summed E-state index contributed by atoms with van der Waals surface area (Å²) in [7, 11) is 0. The van der Waals surface area contributed by atoms with Gasteiger partial charge in [0.15, 0.2) is 5.58 Å². The minimum atomic E-state index is -0.0919. The summed E-state index contributed by atoms with van der Waals surface area (Å²) in [5.74, 6) is 0.642. The molecule has 1 aliphatic rings. The van der Waals surface area contributed by atoms with Gasteiger partial charge in [0.05, 0.1) is 0 Å². The molecule has 1 aliphatic carbocycles. The largest absolute Gasteiger partial charge is 0.436 e. The number of fused-ring (bicyclic) bond motifs is 6. The van der Waals surface area contributed by atoms with E-state index >= 15 is 0 Å². The van der Waals surface area contributed by atoms with Gasteiger partial charge in [0.2, 0.25) is 5.89 Å². The number of oxazole rings is 1. The van der Waals surface area contributed by atoms with Crippen molar-refractivity contribution >= 4 is 38.9 Å². The molecule has 3 heteroatoms. The van der Waals surface area contributed by atoms with E-state index in [-0.39, 0.29) is 5.41 Å². The van der Waals surface area contributed by atoms with Crippen LogP contribution in [0, 0.1) is 0 Å². The molecule has 0 amide bonds. The summed E-state index contributed by atoms with van der Waals surface area (Å²) < 4.78 is 6.15. The first kappa shape index (κ1) is 31.1. The van der Waals surface area contributed by atoms with Crippen LogP contribution in [0.3, 0.4) is 0 Å². The highest BCUT2D eigenvalue weighted by Gasteiger charge is 2.35. The molecule has 0 atom stereocenters. The van der Waals surface area contributed by atoms with Crippen molar-refractivity contribution < 1.29 is 4.42 Å². The van der Waals surface area contributed by atoms with Crippen molar-refractivity contribution in [1.29, 1.82) is 0 Å². The van der Waals surface area contributed by atoms with Gasteiger partial charge in [0.1, 0.15) is 5.52 Å². The molecule has 0 bridgehead atoms. The normalized spacial score (nSPS) is 12.9. The standard InChI is InChI=1S/C50H36N2O/c1-50(2)45-16-10-9-15-43(45)44-29-27-41(32-46(44)50)52(39-23-17-34(18-24-39)33-11-5-3-6-12-33)40-25-19-35(20-26-40)37-21-28-42-38(31-37)22-30-47-48(42)51-49(53-47)36-13-7-4-8-14-36/h3-32H,1-2H3. The summed E-state index contributed by atoms with van der Waals surface area (Å²) in [6.45, 7) is 4.68. The number of benzene rings is 8. The minimum Gasteiger partial charge on any atom is -0.436 e. The van der Waals surface area contributed by atoms with E-state index in [1.54, 1.807) is 0 Å². The summed E-state index contributed by atoms with van der Waals surface area (Å²) >= 11 is 0. The summed E-state index contributed by atoms with van der Waals surface area (Å²) in [6, 6.07) is 65.1. The van der Waals surface area contributed by atoms with Gasteiger partial charge in [0.25, 0.3) is 0 Å². The Morgan fingerprint density at radius 1 is 0.453 bits per heavy atom. The van der Waals surface area contributed by atoms with Crippen molar-refractivity contribution in [2.75, 3.05) is 4.90 Å². The van der Waals surface area contributed by atoms with Crippen molar-refractivity contribution in [3.63, 3.8) is 0 Å². The summed E-state index contributed by atoms with van der Waals surface area (Å²) in [5.41, 5.74) is 16.0.